The SMILES string of the molecule is O=C(CCC(=O)CCC1CCC(=O)O1)CCC1CCCC(=O)O1. The fourth-order valence-corrected chi connectivity index (χ4v) is 2.94. The van der Waals surface area contributed by atoms with E-state index in [1.807, 2.05) is 0 Å². The summed E-state index contributed by atoms with van der Waals surface area (Å²) in [6.45, 7) is 0. The second kappa shape index (κ2) is 8.79. The average molecular weight is 324 g/mol. The summed E-state index contributed by atoms with van der Waals surface area (Å²) in [4.78, 5) is 45.7. The van der Waals surface area contributed by atoms with Gasteiger partial charge in [0.1, 0.15) is 23.8 Å². The molecule has 0 aromatic rings. The van der Waals surface area contributed by atoms with Crippen LogP contribution in [0.2, 0.25) is 0 Å². The van der Waals surface area contributed by atoms with E-state index in [2.05, 4.69) is 0 Å². The molecule has 2 unspecified atom stereocenters. The Labute approximate surface area is 135 Å². The summed E-state index contributed by atoms with van der Waals surface area (Å²) in [6, 6.07) is 0. The third-order valence-corrected chi connectivity index (χ3v) is 4.35. The van der Waals surface area contributed by atoms with Gasteiger partial charge in [-0.25, -0.2) is 0 Å². The van der Waals surface area contributed by atoms with Crippen LogP contribution in [0, 0.1) is 0 Å². The molecule has 0 aromatic carbocycles. The first kappa shape index (κ1) is 17.6. The highest BCUT2D eigenvalue weighted by atomic mass is 16.6. The van der Waals surface area contributed by atoms with Crippen LogP contribution in [-0.4, -0.2) is 35.7 Å². The van der Waals surface area contributed by atoms with Gasteiger partial charge in [-0.15, -0.1) is 0 Å². The number of cyclic esters (lactones) is 2. The van der Waals surface area contributed by atoms with E-state index in [9.17, 15) is 19.2 Å². The lowest BCUT2D eigenvalue weighted by molar-refractivity contribution is -0.154. The minimum absolute atomic E-state index is 0.0328. The number of hydrogen-bond donors (Lipinski definition) is 0. The maximum absolute atomic E-state index is 11.8. The van der Waals surface area contributed by atoms with Gasteiger partial charge in [0, 0.05) is 38.5 Å². The zero-order chi connectivity index (χ0) is 16.7. The van der Waals surface area contributed by atoms with Crippen molar-refractivity contribution in [1.29, 1.82) is 0 Å². The van der Waals surface area contributed by atoms with Crippen molar-refractivity contribution in [3.05, 3.63) is 0 Å². The van der Waals surface area contributed by atoms with E-state index in [-0.39, 0.29) is 48.6 Å². The smallest absolute Gasteiger partial charge is 0.306 e. The number of hydrogen-bond acceptors (Lipinski definition) is 6. The summed E-state index contributed by atoms with van der Waals surface area (Å²) in [7, 11) is 0. The molecular formula is C17H24O6. The van der Waals surface area contributed by atoms with E-state index in [1.165, 1.54) is 0 Å². The van der Waals surface area contributed by atoms with Crippen LogP contribution in [0.3, 0.4) is 0 Å². The largest absolute Gasteiger partial charge is 0.462 e. The summed E-state index contributed by atoms with van der Waals surface area (Å²) in [6.07, 6.45) is 5.23. The lowest BCUT2D eigenvalue weighted by Gasteiger charge is -2.21. The molecule has 0 aliphatic carbocycles. The molecule has 6 nitrogen and oxygen atoms in total. The lowest BCUT2D eigenvalue weighted by atomic mass is 10.00. The predicted octanol–water partition coefficient (Wildman–Crippen LogP) is 2.27. The van der Waals surface area contributed by atoms with Gasteiger partial charge in [0.15, 0.2) is 0 Å². The van der Waals surface area contributed by atoms with E-state index in [0.29, 0.717) is 44.9 Å². The van der Waals surface area contributed by atoms with Crippen molar-refractivity contribution in [2.24, 2.45) is 0 Å². The molecule has 0 radical (unpaired) electrons. The number of rotatable bonds is 9. The second-order valence-corrected chi connectivity index (χ2v) is 6.31. The van der Waals surface area contributed by atoms with E-state index < -0.39 is 0 Å². The van der Waals surface area contributed by atoms with Gasteiger partial charge in [-0.05, 0) is 32.1 Å². The number of ether oxygens (including phenoxy) is 2. The number of ketones is 2. The van der Waals surface area contributed by atoms with Crippen LogP contribution in [0.15, 0.2) is 0 Å². The van der Waals surface area contributed by atoms with Crippen LogP contribution < -0.4 is 0 Å². The Balaban J connectivity index is 1.54. The predicted molar refractivity (Wildman–Crippen MR) is 80.6 cm³/mol. The lowest BCUT2D eigenvalue weighted by Crippen LogP contribution is -2.24. The number of carbonyl (C=O) groups is 4. The van der Waals surface area contributed by atoms with Crippen molar-refractivity contribution in [1.82, 2.24) is 0 Å². The van der Waals surface area contributed by atoms with Crippen molar-refractivity contribution >= 4 is 23.5 Å². The summed E-state index contributed by atoms with van der Waals surface area (Å²) >= 11 is 0. The molecule has 23 heavy (non-hydrogen) atoms. The van der Waals surface area contributed by atoms with Crippen molar-refractivity contribution in [2.75, 3.05) is 0 Å². The summed E-state index contributed by atoms with van der Waals surface area (Å²) < 4.78 is 10.2. The molecule has 128 valence electrons. The highest BCUT2D eigenvalue weighted by Gasteiger charge is 2.24. The number of esters is 2. The quantitative estimate of drug-likeness (QED) is 0.605. The van der Waals surface area contributed by atoms with Gasteiger partial charge in [-0.3, -0.25) is 19.2 Å². The molecule has 0 saturated carbocycles. The topological polar surface area (TPSA) is 86.7 Å². The van der Waals surface area contributed by atoms with E-state index in [1.54, 1.807) is 0 Å². The zero-order valence-electron chi connectivity index (χ0n) is 13.4. The highest BCUT2D eigenvalue weighted by molar-refractivity contribution is 5.86. The Morgan fingerprint density at radius 2 is 1.30 bits per heavy atom. The summed E-state index contributed by atoms with van der Waals surface area (Å²) in [5.74, 6) is -0.310. The van der Waals surface area contributed by atoms with Gasteiger partial charge >= 0.3 is 11.9 Å². The highest BCUT2D eigenvalue weighted by Crippen LogP contribution is 2.20. The van der Waals surface area contributed by atoms with Crippen molar-refractivity contribution < 1.29 is 28.7 Å². The number of Topliss-reactive ketones (excluding diaryl/α,β-unsaturated/α-hetero) is 2. The fourth-order valence-electron chi connectivity index (χ4n) is 2.94. The van der Waals surface area contributed by atoms with Crippen LogP contribution in [0.1, 0.15) is 70.6 Å². The minimum Gasteiger partial charge on any atom is -0.462 e. The van der Waals surface area contributed by atoms with Gasteiger partial charge in [-0.1, -0.05) is 0 Å². The Hall–Kier alpha value is -1.72. The van der Waals surface area contributed by atoms with Gasteiger partial charge in [0.2, 0.25) is 0 Å². The minimum atomic E-state index is -0.193. The molecule has 0 spiro atoms. The van der Waals surface area contributed by atoms with Crippen molar-refractivity contribution in [3.8, 4) is 0 Å². The van der Waals surface area contributed by atoms with E-state index >= 15 is 0 Å². The molecule has 2 aliphatic rings. The maximum atomic E-state index is 11.8. The second-order valence-electron chi connectivity index (χ2n) is 6.31. The van der Waals surface area contributed by atoms with Gasteiger partial charge in [0.25, 0.3) is 0 Å². The molecule has 2 atom stereocenters. The van der Waals surface area contributed by atoms with Crippen LogP contribution in [-0.2, 0) is 28.7 Å². The third-order valence-electron chi connectivity index (χ3n) is 4.35. The Morgan fingerprint density at radius 1 is 0.783 bits per heavy atom. The fraction of sp³-hybridized carbons (Fsp3) is 0.765. The molecular weight excluding hydrogens is 300 g/mol. The Morgan fingerprint density at radius 3 is 1.83 bits per heavy atom. The molecule has 0 bridgehead atoms. The third kappa shape index (κ3) is 6.50. The Kier molecular flexibility index (Phi) is 6.74. The van der Waals surface area contributed by atoms with Crippen molar-refractivity contribution in [2.45, 2.75) is 82.8 Å². The van der Waals surface area contributed by atoms with Gasteiger partial charge < -0.3 is 9.47 Å². The van der Waals surface area contributed by atoms with E-state index in [4.69, 9.17) is 9.47 Å². The van der Waals surface area contributed by atoms with Crippen LogP contribution >= 0.6 is 0 Å². The zero-order valence-corrected chi connectivity index (χ0v) is 13.4. The normalized spacial score (nSPS) is 24.2. The average Bonchev–Trinajstić information content (AvgIpc) is 2.94. The monoisotopic (exact) mass is 324 g/mol. The first-order valence-electron chi connectivity index (χ1n) is 8.45. The first-order valence-corrected chi connectivity index (χ1v) is 8.45. The van der Waals surface area contributed by atoms with Gasteiger partial charge in [0.05, 0.1) is 0 Å². The molecule has 2 heterocycles. The molecule has 0 aromatic heterocycles. The van der Waals surface area contributed by atoms with Crippen LogP contribution in [0.5, 0.6) is 0 Å². The summed E-state index contributed by atoms with van der Waals surface area (Å²) in [5.41, 5.74) is 0. The van der Waals surface area contributed by atoms with Crippen molar-refractivity contribution in [3.63, 3.8) is 0 Å². The van der Waals surface area contributed by atoms with E-state index in [0.717, 1.165) is 12.8 Å². The molecule has 2 fully saturated rings. The number of carbonyl (C=O) groups excluding carboxylic acids is 4. The molecule has 2 rings (SSSR count). The maximum Gasteiger partial charge on any atom is 0.306 e. The van der Waals surface area contributed by atoms with Crippen LogP contribution in [0.4, 0.5) is 0 Å². The standard InChI is InChI=1S/C17H24O6/c18-12(6-8-14-2-1-3-16(20)22-14)4-5-13(19)7-9-15-10-11-17(21)23-15/h14-15H,1-11H2. The Bertz CT molecular complexity index is 470. The summed E-state index contributed by atoms with van der Waals surface area (Å²) in [5, 5.41) is 0. The molecule has 2 aliphatic heterocycles. The van der Waals surface area contributed by atoms with Crippen LogP contribution in [0.25, 0.3) is 0 Å². The van der Waals surface area contributed by atoms with Gasteiger partial charge in [-0.2, -0.15) is 0 Å². The molecule has 2 saturated heterocycles. The molecule has 0 amide bonds. The molecule has 0 N–H and O–H groups in total. The molecule has 6 heteroatoms. The first-order chi connectivity index (χ1) is 11.0.